The van der Waals surface area contributed by atoms with Crippen molar-refractivity contribution >= 4 is 10.8 Å². The van der Waals surface area contributed by atoms with Crippen molar-refractivity contribution in [3.05, 3.63) is 12.8 Å². The fourth-order valence-electron chi connectivity index (χ4n) is 1.09. The lowest BCUT2D eigenvalue weighted by Crippen LogP contribution is -2.14. The van der Waals surface area contributed by atoms with Crippen LogP contribution in [0.3, 0.4) is 0 Å². The van der Waals surface area contributed by atoms with Crippen LogP contribution in [-0.2, 0) is 15.5 Å². The predicted octanol–water partition coefficient (Wildman–Crippen LogP) is 1.06. The highest BCUT2D eigenvalue weighted by Gasteiger charge is 2.22. The number of hydrogen-bond acceptors (Lipinski definition) is 2. The Hall–Kier alpha value is -0.310. The Balaban J connectivity index is 2.26. The Morgan fingerprint density at radius 3 is 3.10 bits per heavy atom. The summed E-state index contributed by atoms with van der Waals surface area (Å²) in [4.78, 5) is 0. The van der Waals surface area contributed by atoms with Crippen molar-refractivity contribution in [2.24, 2.45) is 0 Å². The van der Waals surface area contributed by atoms with Crippen LogP contribution in [0.15, 0.2) is 12.8 Å². The van der Waals surface area contributed by atoms with Gasteiger partial charge in [0.25, 0.3) is 0 Å². The largest absolute Gasteiger partial charge is 0.501 e. The third-order valence-corrected chi connectivity index (χ3v) is 3.45. The molecule has 0 aliphatic carbocycles. The summed E-state index contributed by atoms with van der Waals surface area (Å²) in [6.07, 6.45) is 3.54. The van der Waals surface area contributed by atoms with Gasteiger partial charge in [-0.2, -0.15) is 0 Å². The van der Waals surface area contributed by atoms with E-state index in [9.17, 15) is 4.21 Å². The van der Waals surface area contributed by atoms with Crippen LogP contribution in [0.1, 0.15) is 12.8 Å². The van der Waals surface area contributed by atoms with Gasteiger partial charge >= 0.3 is 0 Å². The van der Waals surface area contributed by atoms with Gasteiger partial charge in [-0.1, -0.05) is 6.58 Å². The Morgan fingerprint density at radius 2 is 2.60 bits per heavy atom. The minimum atomic E-state index is -0.635. The van der Waals surface area contributed by atoms with Crippen LogP contribution in [0.25, 0.3) is 0 Å². The number of rotatable bonds is 3. The van der Waals surface area contributed by atoms with Gasteiger partial charge in [0.15, 0.2) is 0 Å². The van der Waals surface area contributed by atoms with Gasteiger partial charge in [0.2, 0.25) is 0 Å². The monoisotopic (exact) mass is 160 g/mol. The Bertz CT molecular complexity index is 145. The van der Waals surface area contributed by atoms with E-state index in [0.29, 0.717) is 6.61 Å². The smallest absolute Gasteiger partial charge is 0.102 e. The van der Waals surface area contributed by atoms with Gasteiger partial charge in [0.1, 0.15) is 6.61 Å². The zero-order valence-corrected chi connectivity index (χ0v) is 6.73. The normalized spacial score (nSPS) is 32.0. The number of ether oxygens (including phenoxy) is 1. The first-order valence-electron chi connectivity index (χ1n) is 3.44. The van der Waals surface area contributed by atoms with Crippen LogP contribution in [-0.4, -0.2) is 21.8 Å². The molecule has 0 spiro atoms. The van der Waals surface area contributed by atoms with Crippen LogP contribution < -0.4 is 0 Å². The van der Waals surface area contributed by atoms with Crippen molar-refractivity contribution in [2.45, 2.75) is 18.1 Å². The highest BCUT2D eigenvalue weighted by atomic mass is 32.2. The molecule has 2 nitrogen and oxygen atoms in total. The van der Waals surface area contributed by atoms with Crippen molar-refractivity contribution < 1.29 is 8.95 Å². The van der Waals surface area contributed by atoms with E-state index >= 15 is 0 Å². The summed E-state index contributed by atoms with van der Waals surface area (Å²) < 4.78 is 16.0. The van der Waals surface area contributed by atoms with Crippen LogP contribution in [0.4, 0.5) is 0 Å². The molecule has 0 aromatic carbocycles. The average molecular weight is 160 g/mol. The molecule has 1 fully saturated rings. The molecule has 0 aromatic heterocycles. The maximum absolute atomic E-state index is 11.1. The van der Waals surface area contributed by atoms with Crippen molar-refractivity contribution in [3.63, 3.8) is 0 Å². The molecule has 1 saturated heterocycles. The van der Waals surface area contributed by atoms with Gasteiger partial charge < -0.3 is 4.74 Å². The molecule has 3 heteroatoms. The zero-order chi connectivity index (χ0) is 7.40. The molecule has 0 aromatic rings. The molecule has 1 aliphatic rings. The van der Waals surface area contributed by atoms with Gasteiger partial charge in [0, 0.05) is 16.6 Å². The Kier molecular flexibility index (Phi) is 2.93. The van der Waals surface area contributed by atoms with E-state index in [1.54, 1.807) is 0 Å². The van der Waals surface area contributed by atoms with Gasteiger partial charge in [-0.25, -0.2) is 0 Å². The Labute approximate surface area is 63.7 Å². The molecule has 0 bridgehead atoms. The average Bonchev–Trinajstić information content (AvgIpc) is 2.31. The van der Waals surface area contributed by atoms with E-state index in [1.165, 1.54) is 6.26 Å². The van der Waals surface area contributed by atoms with Gasteiger partial charge in [-0.15, -0.1) is 0 Å². The first kappa shape index (κ1) is 7.79. The van der Waals surface area contributed by atoms with Gasteiger partial charge in [-0.3, -0.25) is 4.21 Å². The van der Waals surface area contributed by atoms with Crippen LogP contribution in [0.5, 0.6) is 0 Å². The molecular weight excluding hydrogens is 148 g/mol. The standard InChI is InChI=1S/C7H12O2S/c1-2-9-6-7-4-3-5-10(7)8/h2,7H,1,3-6H2. The fraction of sp³-hybridized carbons (Fsp3) is 0.714. The quantitative estimate of drug-likeness (QED) is 0.577. The highest BCUT2D eigenvalue weighted by molar-refractivity contribution is 7.85. The molecule has 0 radical (unpaired) electrons. The van der Waals surface area contributed by atoms with Crippen molar-refractivity contribution in [1.29, 1.82) is 0 Å². The maximum Gasteiger partial charge on any atom is 0.102 e. The molecule has 0 amide bonds. The molecular formula is C7H12O2S. The van der Waals surface area contributed by atoms with E-state index in [-0.39, 0.29) is 5.25 Å². The fourth-order valence-corrected chi connectivity index (χ4v) is 2.53. The van der Waals surface area contributed by atoms with Gasteiger partial charge in [0.05, 0.1) is 11.5 Å². The lowest BCUT2D eigenvalue weighted by atomic mass is 10.3. The zero-order valence-electron chi connectivity index (χ0n) is 5.91. The van der Waals surface area contributed by atoms with Crippen molar-refractivity contribution in [1.82, 2.24) is 0 Å². The van der Waals surface area contributed by atoms with Crippen LogP contribution >= 0.6 is 0 Å². The number of hydrogen-bond donors (Lipinski definition) is 0. The summed E-state index contributed by atoms with van der Waals surface area (Å²) in [6.45, 7) is 4.00. The summed E-state index contributed by atoms with van der Waals surface area (Å²) in [7, 11) is -0.635. The minimum Gasteiger partial charge on any atom is -0.501 e. The van der Waals surface area contributed by atoms with Gasteiger partial charge in [-0.05, 0) is 12.8 Å². The molecule has 2 atom stereocenters. The summed E-state index contributed by atoms with van der Waals surface area (Å²) in [6, 6.07) is 0. The SMILES string of the molecule is C=COCC1CCCS1=O. The maximum atomic E-state index is 11.1. The first-order valence-corrected chi connectivity index (χ1v) is 4.82. The molecule has 0 saturated carbocycles. The first-order chi connectivity index (χ1) is 4.84. The molecule has 58 valence electrons. The highest BCUT2D eigenvalue weighted by Crippen LogP contribution is 2.15. The second-order valence-corrected chi connectivity index (χ2v) is 4.19. The van der Waals surface area contributed by atoms with E-state index in [4.69, 9.17) is 4.74 Å². The van der Waals surface area contributed by atoms with Crippen molar-refractivity contribution in [2.75, 3.05) is 12.4 Å². The van der Waals surface area contributed by atoms with E-state index in [2.05, 4.69) is 6.58 Å². The van der Waals surface area contributed by atoms with Crippen LogP contribution in [0, 0.1) is 0 Å². The molecule has 10 heavy (non-hydrogen) atoms. The topological polar surface area (TPSA) is 26.3 Å². The van der Waals surface area contributed by atoms with Crippen LogP contribution in [0.2, 0.25) is 0 Å². The molecule has 1 rings (SSSR count). The molecule has 2 unspecified atom stereocenters. The summed E-state index contributed by atoms with van der Waals surface area (Å²) >= 11 is 0. The van der Waals surface area contributed by atoms with Crippen molar-refractivity contribution in [3.8, 4) is 0 Å². The van der Waals surface area contributed by atoms with E-state index in [1.807, 2.05) is 0 Å². The third kappa shape index (κ3) is 1.84. The minimum absolute atomic E-state index is 0.262. The second kappa shape index (κ2) is 3.76. The lowest BCUT2D eigenvalue weighted by Gasteiger charge is -2.05. The summed E-state index contributed by atoms with van der Waals surface area (Å²) in [5.41, 5.74) is 0. The third-order valence-electron chi connectivity index (χ3n) is 1.64. The Morgan fingerprint density at radius 1 is 1.80 bits per heavy atom. The molecule has 1 heterocycles. The summed E-state index contributed by atoms with van der Waals surface area (Å²) in [5.74, 6) is 0.852. The second-order valence-electron chi connectivity index (χ2n) is 2.35. The molecule has 0 N–H and O–H groups in total. The van der Waals surface area contributed by atoms with E-state index in [0.717, 1.165) is 18.6 Å². The van der Waals surface area contributed by atoms with E-state index < -0.39 is 10.8 Å². The molecule has 1 aliphatic heterocycles. The predicted molar refractivity (Wildman–Crippen MR) is 42.2 cm³/mol. The lowest BCUT2D eigenvalue weighted by molar-refractivity contribution is 0.248. The summed E-state index contributed by atoms with van der Waals surface area (Å²) in [5, 5.41) is 0.262.